The van der Waals surface area contributed by atoms with Gasteiger partial charge in [0.25, 0.3) is 0 Å². The third-order valence-corrected chi connectivity index (χ3v) is 6.56. The van der Waals surface area contributed by atoms with Crippen LogP contribution in [0.1, 0.15) is 16.8 Å². The molecule has 0 aliphatic rings. The van der Waals surface area contributed by atoms with Crippen LogP contribution in [-0.4, -0.2) is 59.8 Å². The zero-order valence-corrected chi connectivity index (χ0v) is 15.0. The molecule has 0 heterocycles. The van der Waals surface area contributed by atoms with E-state index in [0.717, 1.165) is 12.5 Å². The summed E-state index contributed by atoms with van der Waals surface area (Å²) in [5.41, 5.74) is 0.452. The van der Waals surface area contributed by atoms with E-state index < -0.39 is 20.6 Å². The molecule has 1 atom stereocenters. The molecule has 0 fully saturated rings. The van der Waals surface area contributed by atoms with Gasteiger partial charge in [0.1, 0.15) is 6.10 Å². The highest BCUT2D eigenvalue weighted by Gasteiger charge is 2.27. The van der Waals surface area contributed by atoms with E-state index in [1.807, 2.05) is 12.6 Å². The molecule has 0 aliphatic heterocycles. The Kier molecular flexibility index (Phi) is 9.04. The van der Waals surface area contributed by atoms with Crippen molar-refractivity contribution < 1.29 is 28.2 Å². The number of rotatable bonds is 11. The Hall–Kier alpha value is -1.25. The lowest BCUT2D eigenvalue weighted by Gasteiger charge is -2.22. The fraction of sp³-hybridized carbons (Fsp3) is 0.562. The van der Waals surface area contributed by atoms with Gasteiger partial charge in [-0.25, -0.2) is 4.79 Å². The van der Waals surface area contributed by atoms with Crippen LogP contribution in [0.2, 0.25) is 12.6 Å². The summed E-state index contributed by atoms with van der Waals surface area (Å²) in [4.78, 5) is 11.9. The number of ether oxygens (including phenoxy) is 2. The number of carbonyl (C=O) groups is 1. The molecule has 1 unspecified atom stereocenters. The first kappa shape index (κ1) is 19.8. The fourth-order valence-corrected chi connectivity index (χ4v) is 3.28. The van der Waals surface area contributed by atoms with Crippen LogP contribution < -0.4 is 0 Å². The Morgan fingerprint density at radius 3 is 2.43 bits per heavy atom. The first-order valence-electron chi connectivity index (χ1n) is 7.59. The highest BCUT2D eigenvalue weighted by atomic mass is 28.4. The van der Waals surface area contributed by atoms with Crippen LogP contribution in [0.4, 0.5) is 0 Å². The van der Waals surface area contributed by atoms with Crippen molar-refractivity contribution in [3.63, 3.8) is 0 Å². The molecule has 1 rings (SSSR count). The van der Waals surface area contributed by atoms with Gasteiger partial charge in [-0.15, -0.1) is 0 Å². The SMILES string of the molecule is CO[Si](C)(CCCOCC(CO)OC(=O)c1ccccc1)OC. The number of esters is 1. The van der Waals surface area contributed by atoms with Crippen LogP contribution >= 0.6 is 0 Å². The molecule has 1 aromatic rings. The van der Waals surface area contributed by atoms with Crippen LogP contribution in [0.5, 0.6) is 0 Å². The minimum atomic E-state index is -2.07. The molecule has 0 aliphatic carbocycles. The highest BCUT2D eigenvalue weighted by Crippen LogP contribution is 2.13. The molecule has 0 spiro atoms. The maximum Gasteiger partial charge on any atom is 0.338 e. The summed E-state index contributed by atoms with van der Waals surface area (Å²) in [6, 6.07) is 9.48. The van der Waals surface area contributed by atoms with Gasteiger partial charge in [-0.2, -0.15) is 0 Å². The Balaban J connectivity index is 2.28. The predicted molar refractivity (Wildman–Crippen MR) is 88.6 cm³/mol. The normalized spacial score (nSPS) is 12.9. The van der Waals surface area contributed by atoms with Gasteiger partial charge in [-0.1, -0.05) is 18.2 Å². The maximum atomic E-state index is 11.9. The van der Waals surface area contributed by atoms with Gasteiger partial charge in [-0.05, 0) is 31.1 Å². The van der Waals surface area contributed by atoms with Crippen LogP contribution in [-0.2, 0) is 18.3 Å². The van der Waals surface area contributed by atoms with Crippen LogP contribution in [0.15, 0.2) is 30.3 Å². The quantitative estimate of drug-likeness (QED) is 0.376. The number of aliphatic hydroxyl groups is 1. The third-order valence-electron chi connectivity index (χ3n) is 3.57. The molecular formula is C16H26O6Si. The average Bonchev–Trinajstić information content (AvgIpc) is 2.60. The monoisotopic (exact) mass is 342 g/mol. The molecule has 23 heavy (non-hydrogen) atoms. The van der Waals surface area contributed by atoms with Gasteiger partial charge in [0.15, 0.2) is 0 Å². The number of carbonyl (C=O) groups excluding carboxylic acids is 1. The van der Waals surface area contributed by atoms with Crippen molar-refractivity contribution in [1.29, 1.82) is 0 Å². The molecule has 130 valence electrons. The second kappa shape index (κ2) is 10.5. The Labute approximate surface area is 138 Å². The standard InChI is InChI=1S/C16H26O6Si/c1-19-23(3,20-2)11-7-10-21-13-15(12-17)22-16(18)14-8-5-4-6-9-14/h4-6,8-9,15,17H,7,10-13H2,1-3H3. The lowest BCUT2D eigenvalue weighted by atomic mass is 10.2. The largest absolute Gasteiger partial charge is 0.454 e. The summed E-state index contributed by atoms with van der Waals surface area (Å²) in [6.45, 7) is 2.37. The lowest BCUT2D eigenvalue weighted by Crippen LogP contribution is -2.36. The van der Waals surface area contributed by atoms with Crippen LogP contribution in [0.3, 0.4) is 0 Å². The second-order valence-corrected chi connectivity index (χ2v) is 8.88. The molecule has 1 aromatic carbocycles. The molecule has 0 aromatic heterocycles. The number of benzene rings is 1. The fourth-order valence-electron chi connectivity index (χ4n) is 1.92. The van der Waals surface area contributed by atoms with E-state index >= 15 is 0 Å². The van der Waals surface area contributed by atoms with E-state index in [1.54, 1.807) is 38.5 Å². The zero-order chi connectivity index (χ0) is 17.1. The average molecular weight is 342 g/mol. The van der Waals surface area contributed by atoms with Crippen molar-refractivity contribution in [2.24, 2.45) is 0 Å². The molecule has 6 nitrogen and oxygen atoms in total. The second-order valence-electron chi connectivity index (χ2n) is 5.30. The molecule has 0 saturated heterocycles. The first-order chi connectivity index (χ1) is 11.0. The van der Waals surface area contributed by atoms with Gasteiger partial charge < -0.3 is 23.4 Å². The van der Waals surface area contributed by atoms with Crippen molar-refractivity contribution in [2.45, 2.75) is 25.1 Å². The molecule has 7 heteroatoms. The summed E-state index contributed by atoms with van der Waals surface area (Å²) in [5.74, 6) is -0.466. The van der Waals surface area contributed by atoms with E-state index in [2.05, 4.69) is 0 Å². The summed E-state index contributed by atoms with van der Waals surface area (Å²) in [6.07, 6.45) is 0.117. The summed E-state index contributed by atoms with van der Waals surface area (Å²) >= 11 is 0. The van der Waals surface area contributed by atoms with Crippen LogP contribution in [0, 0.1) is 0 Å². The van der Waals surface area contributed by atoms with E-state index in [0.29, 0.717) is 12.2 Å². The van der Waals surface area contributed by atoms with Gasteiger partial charge in [-0.3, -0.25) is 0 Å². The summed E-state index contributed by atoms with van der Waals surface area (Å²) in [5, 5.41) is 9.29. The number of aliphatic hydroxyl groups excluding tert-OH is 1. The molecule has 0 bridgehead atoms. The number of hydrogen-bond acceptors (Lipinski definition) is 6. The summed E-state index contributed by atoms with van der Waals surface area (Å²) < 4.78 is 21.5. The third kappa shape index (κ3) is 7.23. The first-order valence-corrected chi connectivity index (χ1v) is 10.1. The smallest absolute Gasteiger partial charge is 0.338 e. The van der Waals surface area contributed by atoms with Crippen LogP contribution in [0.25, 0.3) is 0 Å². The predicted octanol–water partition coefficient (Wildman–Crippen LogP) is 1.98. The maximum absolute atomic E-state index is 11.9. The van der Waals surface area contributed by atoms with Crippen molar-refractivity contribution in [1.82, 2.24) is 0 Å². The Morgan fingerprint density at radius 1 is 1.22 bits per heavy atom. The van der Waals surface area contributed by atoms with Crippen molar-refractivity contribution in [2.75, 3.05) is 34.0 Å². The van der Waals surface area contributed by atoms with Crippen molar-refractivity contribution in [3.05, 3.63) is 35.9 Å². The zero-order valence-electron chi connectivity index (χ0n) is 14.0. The molecule has 0 amide bonds. The van der Waals surface area contributed by atoms with Gasteiger partial charge >= 0.3 is 14.5 Å². The molecule has 1 N–H and O–H groups in total. The van der Waals surface area contributed by atoms with Gasteiger partial charge in [0, 0.05) is 20.8 Å². The van der Waals surface area contributed by atoms with E-state index in [-0.39, 0.29) is 13.2 Å². The minimum Gasteiger partial charge on any atom is -0.454 e. The number of hydrogen-bond donors (Lipinski definition) is 1. The van der Waals surface area contributed by atoms with Crippen molar-refractivity contribution >= 4 is 14.5 Å². The Morgan fingerprint density at radius 2 is 1.87 bits per heavy atom. The van der Waals surface area contributed by atoms with E-state index in [4.69, 9.17) is 18.3 Å². The molecule has 0 radical (unpaired) electrons. The minimum absolute atomic E-state index is 0.160. The van der Waals surface area contributed by atoms with E-state index in [9.17, 15) is 9.90 Å². The topological polar surface area (TPSA) is 74.2 Å². The lowest BCUT2D eigenvalue weighted by molar-refractivity contribution is -0.0238. The molecular weight excluding hydrogens is 316 g/mol. The summed E-state index contributed by atoms with van der Waals surface area (Å²) in [7, 11) is 1.24. The Bertz CT molecular complexity index is 449. The van der Waals surface area contributed by atoms with Gasteiger partial charge in [0.2, 0.25) is 0 Å². The highest BCUT2D eigenvalue weighted by molar-refractivity contribution is 6.65. The molecule has 0 saturated carbocycles. The van der Waals surface area contributed by atoms with E-state index in [1.165, 1.54) is 0 Å². The van der Waals surface area contributed by atoms with Crippen molar-refractivity contribution in [3.8, 4) is 0 Å². The van der Waals surface area contributed by atoms with Gasteiger partial charge in [0.05, 0.1) is 18.8 Å².